The Labute approximate surface area is 77.7 Å². The number of rotatable bonds is 3. The number of hydrogen-bond acceptors (Lipinski definition) is 1. The van der Waals surface area contributed by atoms with Gasteiger partial charge < -0.3 is 13.9 Å². The molecule has 6 heteroatoms. The molecule has 0 aliphatic rings. The smallest absolute Gasteiger partial charge is 0.415 e. The summed E-state index contributed by atoms with van der Waals surface area (Å²) < 4.78 is 45.3. The Bertz CT molecular complexity index is 87.3. The summed E-state index contributed by atoms with van der Waals surface area (Å²) in [5.74, 6) is -4.12. The van der Waals surface area contributed by atoms with E-state index in [1.54, 1.807) is 0 Å². The standard InChI is InChI=1S/C4H5F4O.Na/c5-3(6)4(7,8)1-2-9;/h9H,1-2H2;/q-1;+1. The number of alkyl halides is 2. The van der Waals surface area contributed by atoms with Crippen molar-refractivity contribution < 1.29 is 52.2 Å². The molecule has 1 N–H and O–H groups in total. The van der Waals surface area contributed by atoms with Crippen LogP contribution in [0.3, 0.4) is 0 Å². The van der Waals surface area contributed by atoms with Crippen LogP contribution in [0.5, 0.6) is 0 Å². The predicted molar refractivity (Wildman–Crippen MR) is 22.1 cm³/mol. The maximum atomic E-state index is 11.6. The van der Waals surface area contributed by atoms with Crippen molar-refractivity contribution in [2.45, 2.75) is 12.3 Å². The molecule has 0 aromatic heterocycles. The van der Waals surface area contributed by atoms with E-state index in [2.05, 4.69) is 0 Å². The summed E-state index contributed by atoms with van der Waals surface area (Å²) in [4.78, 5) is 0. The van der Waals surface area contributed by atoms with Gasteiger partial charge in [0.2, 0.25) is 0 Å². The molecular weight excluding hydrogens is 163 g/mol. The predicted octanol–water partition coefficient (Wildman–Crippen LogP) is -1.56. The second-order valence-electron chi connectivity index (χ2n) is 1.44. The molecule has 1 nitrogen and oxygen atoms in total. The summed E-state index contributed by atoms with van der Waals surface area (Å²) in [7, 11) is 0. The van der Waals surface area contributed by atoms with Crippen molar-refractivity contribution in [1.82, 2.24) is 0 Å². The summed E-state index contributed by atoms with van der Waals surface area (Å²) in [5.41, 5.74) is 0. The molecule has 0 saturated heterocycles. The van der Waals surface area contributed by atoms with Crippen LogP contribution >= 0.6 is 0 Å². The van der Waals surface area contributed by atoms with Gasteiger partial charge in [-0.3, -0.25) is 0 Å². The van der Waals surface area contributed by atoms with E-state index in [4.69, 9.17) is 5.11 Å². The normalized spacial score (nSPS) is 11.4. The van der Waals surface area contributed by atoms with Crippen LogP contribution < -0.4 is 29.6 Å². The molecule has 0 heterocycles. The molecule has 0 aliphatic carbocycles. The van der Waals surface area contributed by atoms with Gasteiger partial charge in [0.25, 0.3) is 0 Å². The summed E-state index contributed by atoms with van der Waals surface area (Å²) in [6.07, 6.45) is -4.16. The molecule has 0 radical (unpaired) electrons. The van der Waals surface area contributed by atoms with Crippen LogP contribution in [0.2, 0.25) is 0 Å². The minimum Gasteiger partial charge on any atom is -0.415 e. The van der Waals surface area contributed by atoms with Crippen molar-refractivity contribution in [3.05, 3.63) is 6.43 Å². The SMILES string of the molecule is OCCC(F)(F)[C-](F)F.[Na+]. The molecule has 0 aliphatic heterocycles. The molecule has 56 valence electrons. The topological polar surface area (TPSA) is 20.2 Å². The third kappa shape index (κ3) is 4.49. The molecule has 0 saturated carbocycles. The van der Waals surface area contributed by atoms with Gasteiger partial charge in [-0.1, -0.05) is 0 Å². The third-order valence-electron chi connectivity index (χ3n) is 0.702. The summed E-state index contributed by atoms with van der Waals surface area (Å²) in [5, 5.41) is 7.82. The summed E-state index contributed by atoms with van der Waals surface area (Å²) in [6, 6.07) is 0. The first kappa shape index (κ1) is 13.3. The molecule has 0 bridgehead atoms. The van der Waals surface area contributed by atoms with Crippen molar-refractivity contribution in [3.8, 4) is 0 Å². The van der Waals surface area contributed by atoms with Crippen LogP contribution in [0.15, 0.2) is 0 Å². The minimum absolute atomic E-state index is 0. The Kier molecular flexibility index (Phi) is 7.10. The van der Waals surface area contributed by atoms with Crippen molar-refractivity contribution in [2.24, 2.45) is 0 Å². The maximum Gasteiger partial charge on any atom is 1.00 e. The van der Waals surface area contributed by atoms with Gasteiger partial charge in [-0.2, -0.15) is 0 Å². The van der Waals surface area contributed by atoms with Gasteiger partial charge >= 0.3 is 29.6 Å². The molecule has 0 rings (SSSR count). The number of aliphatic hydroxyl groups is 1. The van der Waals surface area contributed by atoms with E-state index in [0.717, 1.165) is 0 Å². The van der Waals surface area contributed by atoms with Crippen LogP contribution in [0.25, 0.3) is 0 Å². The van der Waals surface area contributed by atoms with Crippen LogP contribution in [0.4, 0.5) is 17.6 Å². The third-order valence-corrected chi connectivity index (χ3v) is 0.702. The fourth-order valence-electron chi connectivity index (χ4n) is 0.235. The van der Waals surface area contributed by atoms with E-state index >= 15 is 0 Å². The molecule has 0 amide bonds. The first-order chi connectivity index (χ1) is 4.00. The number of aliphatic hydroxyl groups excluding tert-OH is 1. The van der Waals surface area contributed by atoms with Crippen molar-refractivity contribution in [3.63, 3.8) is 0 Å². The molecular formula is C4H5F4NaO. The molecule has 10 heavy (non-hydrogen) atoms. The van der Waals surface area contributed by atoms with E-state index in [1.807, 2.05) is 0 Å². The second kappa shape index (κ2) is 5.35. The second-order valence-corrected chi connectivity index (χ2v) is 1.44. The number of halogens is 4. The van der Waals surface area contributed by atoms with E-state index in [0.29, 0.717) is 0 Å². The van der Waals surface area contributed by atoms with Gasteiger partial charge in [0, 0.05) is 13.0 Å². The fraction of sp³-hybridized carbons (Fsp3) is 0.750. The average molecular weight is 168 g/mol. The minimum atomic E-state index is -4.12. The molecule has 0 spiro atoms. The largest absolute Gasteiger partial charge is 1.00 e. The van der Waals surface area contributed by atoms with E-state index in [-0.39, 0.29) is 29.6 Å². The maximum absolute atomic E-state index is 11.6. The van der Waals surface area contributed by atoms with Crippen LogP contribution in [-0.2, 0) is 0 Å². The Morgan fingerprint density at radius 1 is 1.30 bits per heavy atom. The fourth-order valence-corrected chi connectivity index (χ4v) is 0.235. The first-order valence-corrected chi connectivity index (χ1v) is 2.18. The van der Waals surface area contributed by atoms with Gasteiger partial charge in [0.1, 0.15) is 0 Å². The van der Waals surface area contributed by atoms with Gasteiger partial charge in [-0.25, -0.2) is 8.78 Å². The van der Waals surface area contributed by atoms with Crippen LogP contribution in [0.1, 0.15) is 6.42 Å². The Hall–Kier alpha value is 0.680. The van der Waals surface area contributed by atoms with E-state index in [9.17, 15) is 17.6 Å². The van der Waals surface area contributed by atoms with Crippen molar-refractivity contribution >= 4 is 0 Å². The summed E-state index contributed by atoms with van der Waals surface area (Å²) >= 11 is 0. The number of hydrogen-bond donors (Lipinski definition) is 1. The van der Waals surface area contributed by atoms with E-state index < -0.39 is 25.4 Å². The zero-order valence-corrected chi connectivity index (χ0v) is 7.37. The molecule has 0 aromatic carbocycles. The first-order valence-electron chi connectivity index (χ1n) is 2.18. The monoisotopic (exact) mass is 168 g/mol. The van der Waals surface area contributed by atoms with E-state index in [1.165, 1.54) is 0 Å². The Morgan fingerprint density at radius 2 is 1.70 bits per heavy atom. The zero-order valence-electron chi connectivity index (χ0n) is 5.37. The molecule has 0 unspecified atom stereocenters. The van der Waals surface area contributed by atoms with Gasteiger partial charge in [-0.15, -0.1) is 0 Å². The molecule has 0 atom stereocenters. The van der Waals surface area contributed by atoms with Gasteiger partial charge in [0.05, 0.1) is 6.43 Å². The molecule has 0 fully saturated rings. The van der Waals surface area contributed by atoms with Crippen molar-refractivity contribution in [2.75, 3.05) is 6.61 Å². The Morgan fingerprint density at radius 3 is 1.80 bits per heavy atom. The molecule has 0 aromatic rings. The van der Waals surface area contributed by atoms with Gasteiger partial charge in [0.15, 0.2) is 5.92 Å². The zero-order chi connectivity index (χ0) is 7.49. The van der Waals surface area contributed by atoms with Crippen molar-refractivity contribution in [1.29, 1.82) is 0 Å². The average Bonchev–Trinajstić information content (AvgIpc) is 1.65. The quantitative estimate of drug-likeness (QED) is 0.307. The van der Waals surface area contributed by atoms with Crippen LogP contribution in [0, 0.1) is 6.43 Å². The van der Waals surface area contributed by atoms with Gasteiger partial charge in [-0.05, 0) is 0 Å². The Balaban J connectivity index is 0. The van der Waals surface area contributed by atoms with Crippen LogP contribution in [-0.4, -0.2) is 17.6 Å². The summed E-state index contributed by atoms with van der Waals surface area (Å²) in [6.45, 7) is -0.940.